The maximum Gasteiger partial charge on any atom is 0.256 e. The van der Waals surface area contributed by atoms with Crippen LogP contribution in [-0.4, -0.2) is 33.4 Å². The Morgan fingerprint density at radius 1 is 1.33 bits per heavy atom. The van der Waals surface area contributed by atoms with Crippen molar-refractivity contribution in [1.29, 1.82) is 0 Å². The van der Waals surface area contributed by atoms with E-state index in [1.807, 2.05) is 35.4 Å². The Labute approximate surface area is 124 Å². The van der Waals surface area contributed by atoms with Gasteiger partial charge >= 0.3 is 0 Å². The number of rotatable bonds is 4. The molecule has 21 heavy (non-hydrogen) atoms. The zero-order chi connectivity index (χ0) is 14.7. The summed E-state index contributed by atoms with van der Waals surface area (Å²) in [6.07, 6.45) is 4.79. The molecule has 0 atom stereocenters. The lowest BCUT2D eigenvalue weighted by atomic mass is 10.1. The summed E-state index contributed by atoms with van der Waals surface area (Å²) >= 11 is 0. The van der Waals surface area contributed by atoms with Crippen molar-refractivity contribution >= 4 is 11.6 Å². The van der Waals surface area contributed by atoms with Crippen LogP contribution in [0.4, 0.5) is 5.69 Å². The number of imidazole rings is 1. The summed E-state index contributed by atoms with van der Waals surface area (Å²) in [5, 5.41) is 3.33. The Hall–Kier alpha value is -2.30. The monoisotopic (exact) mass is 284 g/mol. The second kappa shape index (κ2) is 5.99. The lowest BCUT2D eigenvalue weighted by molar-refractivity contribution is 0.0708. The molecule has 2 heterocycles. The molecule has 5 heteroatoms. The molecule has 5 nitrogen and oxygen atoms in total. The highest BCUT2D eigenvalue weighted by Crippen LogP contribution is 2.20. The van der Waals surface area contributed by atoms with Gasteiger partial charge in [0.15, 0.2) is 0 Å². The van der Waals surface area contributed by atoms with Gasteiger partial charge in [-0.3, -0.25) is 4.79 Å². The number of nitrogens with zero attached hydrogens (tertiary/aromatic N) is 3. The van der Waals surface area contributed by atoms with Gasteiger partial charge in [0.2, 0.25) is 0 Å². The van der Waals surface area contributed by atoms with Crippen LogP contribution in [0, 0.1) is 0 Å². The van der Waals surface area contributed by atoms with Gasteiger partial charge in [0.05, 0.1) is 12.1 Å². The van der Waals surface area contributed by atoms with Gasteiger partial charge in [0.25, 0.3) is 5.91 Å². The third-order valence-corrected chi connectivity index (χ3v) is 3.75. The summed E-state index contributed by atoms with van der Waals surface area (Å²) in [6, 6.07) is 7.72. The van der Waals surface area contributed by atoms with Gasteiger partial charge < -0.3 is 14.8 Å². The van der Waals surface area contributed by atoms with E-state index in [0.717, 1.165) is 43.1 Å². The van der Waals surface area contributed by atoms with Crippen molar-refractivity contribution < 1.29 is 4.79 Å². The number of carbonyl (C=O) groups excluding carboxylic acids is 1. The molecule has 0 saturated carbocycles. The Morgan fingerprint density at radius 3 is 3.05 bits per heavy atom. The van der Waals surface area contributed by atoms with Crippen LogP contribution in [0.3, 0.4) is 0 Å². The van der Waals surface area contributed by atoms with E-state index in [9.17, 15) is 4.79 Å². The Kier molecular flexibility index (Phi) is 3.90. The second-order valence-corrected chi connectivity index (χ2v) is 5.24. The van der Waals surface area contributed by atoms with Crippen LogP contribution in [0.15, 0.2) is 36.7 Å². The van der Waals surface area contributed by atoms with Crippen molar-refractivity contribution in [2.45, 2.75) is 26.4 Å². The molecular formula is C16H20N4O. The van der Waals surface area contributed by atoms with Gasteiger partial charge in [0, 0.05) is 37.7 Å². The third-order valence-electron chi connectivity index (χ3n) is 3.75. The molecule has 1 N–H and O–H groups in total. The zero-order valence-corrected chi connectivity index (χ0v) is 12.2. The van der Waals surface area contributed by atoms with Crippen molar-refractivity contribution in [1.82, 2.24) is 14.5 Å². The molecule has 1 aliphatic heterocycles. The predicted molar refractivity (Wildman–Crippen MR) is 82.2 cm³/mol. The first kappa shape index (κ1) is 13.7. The molecule has 0 spiro atoms. The minimum Gasteiger partial charge on any atom is -0.384 e. The molecule has 0 unspecified atom stereocenters. The smallest absolute Gasteiger partial charge is 0.256 e. The van der Waals surface area contributed by atoms with Crippen molar-refractivity contribution in [2.24, 2.45) is 0 Å². The number of anilines is 1. The van der Waals surface area contributed by atoms with E-state index in [2.05, 4.69) is 21.8 Å². The average Bonchev–Trinajstić information content (AvgIpc) is 3.00. The highest BCUT2D eigenvalue weighted by Gasteiger charge is 2.23. The van der Waals surface area contributed by atoms with Gasteiger partial charge in [-0.15, -0.1) is 0 Å². The molecule has 1 aromatic heterocycles. The van der Waals surface area contributed by atoms with Crippen molar-refractivity contribution in [3.8, 4) is 0 Å². The molecule has 110 valence electrons. The Bertz CT molecular complexity index is 635. The first-order valence-corrected chi connectivity index (χ1v) is 7.41. The first-order valence-electron chi connectivity index (χ1n) is 7.41. The largest absolute Gasteiger partial charge is 0.384 e. The van der Waals surface area contributed by atoms with Gasteiger partial charge in [0.1, 0.15) is 5.82 Å². The van der Waals surface area contributed by atoms with Gasteiger partial charge in [-0.25, -0.2) is 4.98 Å². The number of para-hydroxylation sites is 1. The van der Waals surface area contributed by atoms with Crippen LogP contribution in [0.5, 0.6) is 0 Å². The maximum absolute atomic E-state index is 12.8. The second-order valence-electron chi connectivity index (χ2n) is 5.24. The van der Waals surface area contributed by atoms with E-state index in [4.69, 9.17) is 0 Å². The molecular weight excluding hydrogens is 264 g/mol. The van der Waals surface area contributed by atoms with E-state index >= 15 is 0 Å². The van der Waals surface area contributed by atoms with Gasteiger partial charge in [-0.05, 0) is 18.6 Å². The zero-order valence-electron chi connectivity index (χ0n) is 12.2. The number of nitrogens with one attached hydrogen (secondary N) is 1. The number of carbonyl (C=O) groups is 1. The molecule has 0 fully saturated rings. The van der Waals surface area contributed by atoms with Crippen molar-refractivity contribution in [2.75, 3.05) is 18.4 Å². The number of benzene rings is 1. The first-order chi connectivity index (χ1) is 10.3. The van der Waals surface area contributed by atoms with Gasteiger partial charge in [-0.2, -0.15) is 0 Å². The maximum atomic E-state index is 12.8. The standard InChI is InChI=1S/C16H20N4O/c1-2-7-17-14-6-4-3-5-13(14)16(21)20-11-10-19-9-8-18-15(19)12-20/h3-6,8-9,17H,2,7,10-12H2,1H3. The van der Waals surface area contributed by atoms with Crippen LogP contribution in [0.2, 0.25) is 0 Å². The lowest BCUT2D eigenvalue weighted by Gasteiger charge is -2.28. The highest BCUT2D eigenvalue weighted by atomic mass is 16.2. The third kappa shape index (κ3) is 2.77. The van der Waals surface area contributed by atoms with E-state index in [1.54, 1.807) is 6.20 Å². The topological polar surface area (TPSA) is 50.2 Å². The molecule has 1 amide bonds. The van der Waals surface area contributed by atoms with Crippen LogP contribution >= 0.6 is 0 Å². The molecule has 2 aromatic rings. The summed E-state index contributed by atoms with van der Waals surface area (Å²) in [6.45, 7) is 5.10. The summed E-state index contributed by atoms with van der Waals surface area (Å²) in [7, 11) is 0. The van der Waals surface area contributed by atoms with Crippen LogP contribution in [0.25, 0.3) is 0 Å². The number of hydrogen-bond donors (Lipinski definition) is 1. The molecule has 1 aliphatic rings. The molecule has 1 aromatic carbocycles. The van der Waals surface area contributed by atoms with Crippen LogP contribution < -0.4 is 5.32 Å². The van der Waals surface area contributed by atoms with E-state index < -0.39 is 0 Å². The van der Waals surface area contributed by atoms with Crippen LogP contribution in [-0.2, 0) is 13.1 Å². The fraction of sp³-hybridized carbons (Fsp3) is 0.375. The quantitative estimate of drug-likeness (QED) is 0.937. The Balaban J connectivity index is 1.80. The van der Waals surface area contributed by atoms with Crippen molar-refractivity contribution in [3.63, 3.8) is 0 Å². The molecule has 0 bridgehead atoms. The van der Waals surface area contributed by atoms with Crippen LogP contribution in [0.1, 0.15) is 29.5 Å². The molecule has 0 radical (unpaired) electrons. The molecule has 3 rings (SSSR count). The SMILES string of the molecule is CCCNc1ccccc1C(=O)N1CCn2ccnc2C1. The fourth-order valence-electron chi connectivity index (χ4n) is 2.60. The summed E-state index contributed by atoms with van der Waals surface area (Å²) in [4.78, 5) is 18.9. The Morgan fingerprint density at radius 2 is 2.19 bits per heavy atom. The minimum atomic E-state index is 0.0726. The molecule has 0 saturated heterocycles. The predicted octanol–water partition coefficient (Wildman–Crippen LogP) is 2.36. The van der Waals surface area contributed by atoms with E-state index in [-0.39, 0.29) is 5.91 Å². The average molecular weight is 284 g/mol. The number of aromatic nitrogens is 2. The summed E-state index contributed by atoms with van der Waals surface area (Å²) < 4.78 is 2.10. The van der Waals surface area contributed by atoms with E-state index in [1.165, 1.54) is 0 Å². The number of amides is 1. The van der Waals surface area contributed by atoms with Gasteiger partial charge in [-0.1, -0.05) is 19.1 Å². The summed E-state index contributed by atoms with van der Waals surface area (Å²) in [5.74, 6) is 1.03. The number of hydrogen-bond acceptors (Lipinski definition) is 3. The minimum absolute atomic E-state index is 0.0726. The highest BCUT2D eigenvalue weighted by molar-refractivity contribution is 5.99. The molecule has 0 aliphatic carbocycles. The normalized spacial score (nSPS) is 13.9. The fourth-order valence-corrected chi connectivity index (χ4v) is 2.60. The number of fused-ring (bicyclic) bond motifs is 1. The van der Waals surface area contributed by atoms with E-state index in [0.29, 0.717) is 6.54 Å². The lowest BCUT2D eigenvalue weighted by Crippen LogP contribution is -2.38. The van der Waals surface area contributed by atoms with Crippen molar-refractivity contribution in [3.05, 3.63) is 48.0 Å². The summed E-state index contributed by atoms with van der Waals surface area (Å²) in [5.41, 5.74) is 1.66.